The molecule has 0 aliphatic rings. The van der Waals surface area contributed by atoms with Crippen molar-refractivity contribution in [1.82, 2.24) is 10.0 Å². The maximum atomic E-state index is 14.2. The van der Waals surface area contributed by atoms with Gasteiger partial charge in [-0.1, -0.05) is 6.07 Å². The third kappa shape index (κ3) is 5.68. The van der Waals surface area contributed by atoms with E-state index in [9.17, 15) is 17.6 Å². The van der Waals surface area contributed by atoms with Gasteiger partial charge in [0.25, 0.3) is 5.91 Å². The van der Waals surface area contributed by atoms with Crippen molar-refractivity contribution < 1.29 is 31.8 Å². The molecule has 1 amide bonds. The van der Waals surface area contributed by atoms with Gasteiger partial charge in [-0.25, -0.2) is 17.5 Å². The van der Waals surface area contributed by atoms with Gasteiger partial charge in [0.1, 0.15) is 12.4 Å². The zero-order valence-electron chi connectivity index (χ0n) is 17.2. The fourth-order valence-corrected chi connectivity index (χ4v) is 3.38. The number of sulfonamides is 1. The van der Waals surface area contributed by atoms with Crippen LogP contribution >= 0.6 is 0 Å². The first-order valence-corrected chi connectivity index (χ1v) is 10.6. The third-order valence-corrected chi connectivity index (χ3v) is 5.75. The molecule has 0 bridgehead atoms. The standard InChI is InChI=1S/C20H25FN2O6S/c1-13(14-5-8-18(19(11-14)28-4)29-10-9-27-3)23-20(24)16-12-15(6-7-17(16)21)30(25,26)22-2/h5-8,11-13,22H,9-10H2,1-4H3,(H,23,24). The predicted octanol–water partition coefficient (Wildman–Crippen LogP) is 2.26. The van der Waals surface area contributed by atoms with Crippen molar-refractivity contribution in [2.24, 2.45) is 0 Å². The Morgan fingerprint density at radius 2 is 1.83 bits per heavy atom. The molecule has 1 unspecified atom stereocenters. The minimum absolute atomic E-state index is 0.205. The highest BCUT2D eigenvalue weighted by Crippen LogP contribution is 2.30. The van der Waals surface area contributed by atoms with Gasteiger partial charge in [0.2, 0.25) is 10.0 Å². The van der Waals surface area contributed by atoms with Crippen molar-refractivity contribution in [2.45, 2.75) is 17.9 Å². The molecule has 0 heterocycles. The number of hydrogen-bond acceptors (Lipinski definition) is 6. The fraction of sp³-hybridized carbons (Fsp3) is 0.350. The Bertz CT molecular complexity index is 997. The van der Waals surface area contributed by atoms with Gasteiger partial charge < -0.3 is 19.5 Å². The van der Waals surface area contributed by atoms with Crippen LogP contribution in [0.25, 0.3) is 0 Å². The molecule has 10 heteroatoms. The average Bonchev–Trinajstić information content (AvgIpc) is 2.74. The number of hydrogen-bond donors (Lipinski definition) is 2. The lowest BCUT2D eigenvalue weighted by Gasteiger charge is -2.17. The van der Waals surface area contributed by atoms with E-state index in [4.69, 9.17) is 14.2 Å². The first-order valence-electron chi connectivity index (χ1n) is 9.07. The van der Waals surface area contributed by atoms with E-state index in [0.29, 0.717) is 30.3 Å². The largest absolute Gasteiger partial charge is 0.493 e. The number of benzene rings is 2. The minimum Gasteiger partial charge on any atom is -0.493 e. The summed E-state index contributed by atoms with van der Waals surface area (Å²) in [7, 11) is 0.486. The van der Waals surface area contributed by atoms with E-state index in [1.165, 1.54) is 14.2 Å². The summed E-state index contributed by atoms with van der Waals surface area (Å²) in [6.45, 7) is 2.49. The van der Waals surface area contributed by atoms with Gasteiger partial charge in [-0.15, -0.1) is 0 Å². The van der Waals surface area contributed by atoms with Gasteiger partial charge in [-0.05, 0) is 49.9 Å². The molecule has 2 N–H and O–H groups in total. The Morgan fingerprint density at radius 3 is 2.47 bits per heavy atom. The second-order valence-electron chi connectivity index (χ2n) is 6.30. The van der Waals surface area contributed by atoms with Crippen molar-refractivity contribution in [3.8, 4) is 11.5 Å². The highest BCUT2D eigenvalue weighted by Gasteiger charge is 2.20. The second kappa shape index (κ2) is 10.4. The summed E-state index contributed by atoms with van der Waals surface area (Å²) in [4.78, 5) is 12.4. The molecule has 2 aromatic rings. The monoisotopic (exact) mass is 440 g/mol. The molecule has 0 aliphatic heterocycles. The van der Waals surface area contributed by atoms with E-state index >= 15 is 0 Å². The molecule has 30 heavy (non-hydrogen) atoms. The van der Waals surface area contributed by atoms with Gasteiger partial charge in [0.05, 0.1) is 30.2 Å². The van der Waals surface area contributed by atoms with E-state index in [1.54, 1.807) is 32.2 Å². The summed E-state index contributed by atoms with van der Waals surface area (Å²) in [6, 6.07) is 7.67. The molecular weight excluding hydrogens is 415 g/mol. The van der Waals surface area contributed by atoms with Crippen LogP contribution in [0.3, 0.4) is 0 Å². The Kier molecular flexibility index (Phi) is 8.16. The van der Waals surface area contributed by atoms with Crippen LogP contribution in [0, 0.1) is 5.82 Å². The number of methoxy groups -OCH3 is 2. The highest BCUT2D eigenvalue weighted by molar-refractivity contribution is 7.89. The van der Waals surface area contributed by atoms with Crippen molar-refractivity contribution in [3.63, 3.8) is 0 Å². The average molecular weight is 440 g/mol. The Labute approximate surface area is 175 Å². The Balaban J connectivity index is 2.20. The van der Waals surface area contributed by atoms with Crippen LogP contribution in [0.15, 0.2) is 41.3 Å². The molecule has 1 atom stereocenters. The predicted molar refractivity (Wildman–Crippen MR) is 109 cm³/mol. The summed E-state index contributed by atoms with van der Waals surface area (Å²) in [5.74, 6) is -0.576. The smallest absolute Gasteiger partial charge is 0.254 e. The fourth-order valence-electron chi connectivity index (χ4n) is 2.63. The lowest BCUT2D eigenvalue weighted by molar-refractivity contribution is 0.0935. The SMILES string of the molecule is CNS(=O)(=O)c1ccc(F)c(C(=O)NC(C)c2ccc(OCCOC)c(OC)c2)c1. The number of amides is 1. The van der Waals surface area contributed by atoms with E-state index in [0.717, 1.165) is 18.2 Å². The molecule has 0 spiro atoms. The molecule has 2 aromatic carbocycles. The van der Waals surface area contributed by atoms with Crippen molar-refractivity contribution in [1.29, 1.82) is 0 Å². The molecule has 0 radical (unpaired) electrons. The molecule has 0 fully saturated rings. The topological polar surface area (TPSA) is 103 Å². The lowest BCUT2D eigenvalue weighted by atomic mass is 10.1. The number of ether oxygens (including phenoxy) is 3. The Morgan fingerprint density at radius 1 is 1.10 bits per heavy atom. The summed E-state index contributed by atoms with van der Waals surface area (Å²) >= 11 is 0. The summed E-state index contributed by atoms with van der Waals surface area (Å²) in [5.41, 5.74) is 0.323. The van der Waals surface area contributed by atoms with Gasteiger partial charge in [-0.2, -0.15) is 0 Å². The molecule has 2 rings (SSSR count). The molecule has 8 nitrogen and oxygen atoms in total. The van der Waals surface area contributed by atoms with Crippen LogP contribution in [-0.4, -0.2) is 48.8 Å². The van der Waals surface area contributed by atoms with E-state index < -0.39 is 27.8 Å². The normalized spacial score (nSPS) is 12.3. The third-order valence-electron chi connectivity index (χ3n) is 4.34. The van der Waals surface area contributed by atoms with Crippen LogP contribution in [0.2, 0.25) is 0 Å². The summed E-state index contributed by atoms with van der Waals surface area (Å²) in [6.07, 6.45) is 0. The van der Waals surface area contributed by atoms with Crippen LogP contribution in [0.1, 0.15) is 28.9 Å². The number of carbonyl (C=O) groups is 1. The molecule has 0 aliphatic carbocycles. The van der Waals surface area contributed by atoms with Gasteiger partial charge in [-0.3, -0.25) is 4.79 Å². The van der Waals surface area contributed by atoms with Gasteiger partial charge in [0.15, 0.2) is 11.5 Å². The quantitative estimate of drug-likeness (QED) is 0.550. The van der Waals surface area contributed by atoms with Crippen LogP contribution in [0.4, 0.5) is 4.39 Å². The zero-order valence-corrected chi connectivity index (χ0v) is 18.0. The number of halogens is 1. The maximum Gasteiger partial charge on any atom is 0.254 e. The maximum absolute atomic E-state index is 14.2. The van der Waals surface area contributed by atoms with Crippen LogP contribution in [0.5, 0.6) is 11.5 Å². The second-order valence-corrected chi connectivity index (χ2v) is 8.18. The van der Waals surface area contributed by atoms with Crippen molar-refractivity contribution in [3.05, 3.63) is 53.3 Å². The lowest BCUT2D eigenvalue weighted by Crippen LogP contribution is -2.28. The molecule has 0 saturated heterocycles. The minimum atomic E-state index is -3.81. The highest BCUT2D eigenvalue weighted by atomic mass is 32.2. The first kappa shape index (κ1) is 23.6. The van der Waals surface area contributed by atoms with E-state index in [-0.39, 0.29) is 10.5 Å². The van der Waals surface area contributed by atoms with Gasteiger partial charge >= 0.3 is 0 Å². The molecule has 0 aromatic heterocycles. The van der Waals surface area contributed by atoms with Crippen molar-refractivity contribution >= 4 is 15.9 Å². The Hall–Kier alpha value is -2.69. The first-order chi connectivity index (χ1) is 14.2. The number of rotatable bonds is 10. The van der Waals surface area contributed by atoms with Gasteiger partial charge in [0, 0.05) is 7.11 Å². The molecular formula is C20H25FN2O6S. The van der Waals surface area contributed by atoms with Crippen LogP contribution < -0.4 is 19.5 Å². The summed E-state index contributed by atoms with van der Waals surface area (Å²) in [5, 5.41) is 2.66. The number of carbonyl (C=O) groups excluding carboxylic acids is 1. The van der Waals surface area contributed by atoms with E-state index in [2.05, 4.69) is 10.0 Å². The zero-order chi connectivity index (χ0) is 22.3. The van der Waals surface area contributed by atoms with Crippen LogP contribution in [-0.2, 0) is 14.8 Å². The van der Waals surface area contributed by atoms with Crippen molar-refractivity contribution in [2.75, 3.05) is 34.5 Å². The number of nitrogens with one attached hydrogen (secondary N) is 2. The molecule has 164 valence electrons. The van der Waals surface area contributed by atoms with E-state index in [1.807, 2.05) is 0 Å². The summed E-state index contributed by atoms with van der Waals surface area (Å²) < 4.78 is 56.0. The molecule has 0 saturated carbocycles.